The molecule has 0 saturated carbocycles. The summed E-state index contributed by atoms with van der Waals surface area (Å²) in [6.07, 6.45) is 6.07. The lowest BCUT2D eigenvalue weighted by molar-refractivity contribution is -0.129. The minimum absolute atomic E-state index is 0.139. The maximum Gasteiger partial charge on any atom is 0.226 e. The number of hydrogen-bond donors (Lipinski definition) is 0. The molecule has 0 aromatic heterocycles. The van der Waals surface area contributed by atoms with Gasteiger partial charge in [0.25, 0.3) is 0 Å². The van der Waals surface area contributed by atoms with E-state index in [4.69, 9.17) is 0 Å². The average Bonchev–Trinajstić information content (AvgIpc) is 2.37. The van der Waals surface area contributed by atoms with Crippen molar-refractivity contribution in [2.45, 2.75) is 13.3 Å². The van der Waals surface area contributed by atoms with Gasteiger partial charge < -0.3 is 4.90 Å². The number of likely N-dealkylation sites (N-methyl/N-ethyl adjacent to an activating group) is 1. The lowest BCUT2D eigenvalue weighted by atomic mass is 10.2. The van der Waals surface area contributed by atoms with E-state index in [0.717, 1.165) is 12.1 Å². The van der Waals surface area contributed by atoms with Crippen LogP contribution in [0, 0.1) is 0 Å². The number of amides is 1. The van der Waals surface area contributed by atoms with E-state index in [2.05, 4.69) is 6.58 Å². The van der Waals surface area contributed by atoms with Crippen molar-refractivity contribution in [3.8, 4) is 0 Å². The van der Waals surface area contributed by atoms with Crippen LogP contribution in [0.4, 0.5) is 0 Å². The Labute approximate surface area is 103 Å². The van der Waals surface area contributed by atoms with E-state index in [1.54, 1.807) is 11.0 Å². The van der Waals surface area contributed by atoms with Crippen LogP contribution in [0.25, 0.3) is 6.08 Å². The van der Waals surface area contributed by atoms with Crippen LogP contribution >= 0.6 is 0 Å². The zero-order valence-electron chi connectivity index (χ0n) is 10.3. The molecule has 1 aromatic carbocycles. The fraction of sp³-hybridized carbons (Fsp3) is 0.267. The maximum atomic E-state index is 11.8. The summed E-state index contributed by atoms with van der Waals surface area (Å²) in [5.74, 6) is 0.139. The minimum atomic E-state index is 0.139. The van der Waals surface area contributed by atoms with Gasteiger partial charge >= 0.3 is 0 Å². The molecular formula is C15H19NO. The normalized spacial score (nSPS) is 10.4. The van der Waals surface area contributed by atoms with Gasteiger partial charge in [-0.3, -0.25) is 4.79 Å². The molecule has 0 atom stereocenters. The van der Waals surface area contributed by atoms with Crippen molar-refractivity contribution in [2.24, 2.45) is 0 Å². The van der Waals surface area contributed by atoms with E-state index < -0.39 is 0 Å². The van der Waals surface area contributed by atoms with Crippen molar-refractivity contribution in [1.82, 2.24) is 4.90 Å². The summed E-state index contributed by atoms with van der Waals surface area (Å²) in [7, 11) is 0. The minimum Gasteiger partial charge on any atom is -0.339 e. The molecule has 0 unspecified atom stereocenters. The van der Waals surface area contributed by atoms with Crippen molar-refractivity contribution in [3.63, 3.8) is 0 Å². The number of benzene rings is 1. The zero-order chi connectivity index (χ0) is 12.5. The standard InChI is InChI=1S/C15H19NO/c1-3-13-16(4-2)15(17)12-8-11-14-9-6-5-7-10-14/h3,5-11H,1,4,12-13H2,2H3/b11-8+. The molecule has 0 saturated heterocycles. The molecule has 0 bridgehead atoms. The van der Waals surface area contributed by atoms with Gasteiger partial charge in [0.1, 0.15) is 0 Å². The highest BCUT2D eigenvalue weighted by atomic mass is 16.2. The van der Waals surface area contributed by atoms with Crippen molar-refractivity contribution in [2.75, 3.05) is 13.1 Å². The second-order valence-electron chi connectivity index (χ2n) is 3.74. The highest BCUT2D eigenvalue weighted by Gasteiger charge is 2.06. The van der Waals surface area contributed by atoms with Gasteiger partial charge in [-0.1, -0.05) is 48.6 Å². The van der Waals surface area contributed by atoms with Crippen molar-refractivity contribution < 1.29 is 4.79 Å². The summed E-state index contributed by atoms with van der Waals surface area (Å²) >= 11 is 0. The summed E-state index contributed by atoms with van der Waals surface area (Å²) in [5, 5.41) is 0. The Morgan fingerprint density at radius 3 is 2.65 bits per heavy atom. The summed E-state index contributed by atoms with van der Waals surface area (Å²) in [5.41, 5.74) is 1.12. The Morgan fingerprint density at radius 1 is 1.35 bits per heavy atom. The van der Waals surface area contributed by atoms with Gasteiger partial charge in [-0.05, 0) is 12.5 Å². The Morgan fingerprint density at radius 2 is 2.06 bits per heavy atom. The number of nitrogens with zero attached hydrogens (tertiary/aromatic N) is 1. The summed E-state index contributed by atoms with van der Waals surface area (Å²) in [6.45, 7) is 6.97. The van der Waals surface area contributed by atoms with Crippen LogP contribution in [0.1, 0.15) is 18.9 Å². The van der Waals surface area contributed by atoms with E-state index in [1.807, 2.05) is 49.4 Å². The van der Waals surface area contributed by atoms with Crippen LogP contribution in [0.2, 0.25) is 0 Å². The Bertz CT molecular complexity index is 381. The first-order chi connectivity index (χ1) is 8.27. The summed E-state index contributed by atoms with van der Waals surface area (Å²) < 4.78 is 0. The summed E-state index contributed by atoms with van der Waals surface area (Å²) in [6, 6.07) is 9.98. The Hall–Kier alpha value is -1.83. The van der Waals surface area contributed by atoms with E-state index in [9.17, 15) is 4.79 Å². The molecule has 0 aliphatic rings. The molecule has 0 fully saturated rings. The third-order valence-electron chi connectivity index (χ3n) is 2.49. The Balaban J connectivity index is 2.47. The van der Waals surface area contributed by atoms with Crippen molar-refractivity contribution >= 4 is 12.0 Å². The lowest BCUT2D eigenvalue weighted by Crippen LogP contribution is -2.30. The molecule has 0 spiro atoms. The Kier molecular flexibility index (Phi) is 5.80. The van der Waals surface area contributed by atoms with Gasteiger partial charge in [-0.15, -0.1) is 6.58 Å². The predicted molar refractivity (Wildman–Crippen MR) is 72.5 cm³/mol. The first-order valence-corrected chi connectivity index (χ1v) is 5.88. The second kappa shape index (κ2) is 7.44. The fourth-order valence-corrected chi connectivity index (χ4v) is 1.55. The zero-order valence-corrected chi connectivity index (χ0v) is 10.3. The lowest BCUT2D eigenvalue weighted by Gasteiger charge is -2.17. The third kappa shape index (κ3) is 4.68. The van der Waals surface area contributed by atoms with Gasteiger partial charge in [-0.25, -0.2) is 0 Å². The van der Waals surface area contributed by atoms with Crippen LogP contribution in [-0.4, -0.2) is 23.9 Å². The van der Waals surface area contributed by atoms with Crippen LogP contribution in [-0.2, 0) is 4.79 Å². The quantitative estimate of drug-likeness (QED) is 0.686. The molecule has 1 amide bonds. The molecule has 1 aromatic rings. The molecule has 2 heteroatoms. The maximum absolute atomic E-state index is 11.8. The highest BCUT2D eigenvalue weighted by molar-refractivity contribution is 5.78. The van der Waals surface area contributed by atoms with E-state index in [-0.39, 0.29) is 5.91 Å². The molecule has 0 heterocycles. The van der Waals surface area contributed by atoms with Gasteiger partial charge in [-0.2, -0.15) is 0 Å². The monoisotopic (exact) mass is 229 g/mol. The first kappa shape index (κ1) is 13.2. The van der Waals surface area contributed by atoms with Crippen LogP contribution in [0.3, 0.4) is 0 Å². The van der Waals surface area contributed by atoms with Crippen LogP contribution in [0.5, 0.6) is 0 Å². The molecular weight excluding hydrogens is 210 g/mol. The third-order valence-corrected chi connectivity index (χ3v) is 2.49. The van der Waals surface area contributed by atoms with Gasteiger partial charge in [0.2, 0.25) is 5.91 Å². The molecule has 17 heavy (non-hydrogen) atoms. The number of carbonyl (C=O) groups excluding carboxylic acids is 1. The van der Waals surface area contributed by atoms with Gasteiger partial charge in [0.05, 0.1) is 0 Å². The molecule has 0 N–H and O–H groups in total. The second-order valence-corrected chi connectivity index (χ2v) is 3.74. The smallest absolute Gasteiger partial charge is 0.226 e. The molecule has 0 aliphatic heterocycles. The highest BCUT2D eigenvalue weighted by Crippen LogP contribution is 2.03. The van der Waals surface area contributed by atoms with Crippen LogP contribution < -0.4 is 0 Å². The molecule has 0 radical (unpaired) electrons. The van der Waals surface area contributed by atoms with E-state index in [0.29, 0.717) is 13.0 Å². The fourth-order valence-electron chi connectivity index (χ4n) is 1.55. The predicted octanol–water partition coefficient (Wildman–Crippen LogP) is 3.12. The van der Waals surface area contributed by atoms with Crippen molar-refractivity contribution in [1.29, 1.82) is 0 Å². The number of carbonyl (C=O) groups is 1. The van der Waals surface area contributed by atoms with Gasteiger partial charge in [0, 0.05) is 19.5 Å². The first-order valence-electron chi connectivity index (χ1n) is 5.88. The largest absolute Gasteiger partial charge is 0.339 e. The molecule has 0 aliphatic carbocycles. The molecule has 1 rings (SSSR count). The number of hydrogen-bond acceptors (Lipinski definition) is 1. The number of rotatable bonds is 6. The van der Waals surface area contributed by atoms with Gasteiger partial charge in [0.15, 0.2) is 0 Å². The van der Waals surface area contributed by atoms with E-state index >= 15 is 0 Å². The molecule has 2 nitrogen and oxygen atoms in total. The summed E-state index contributed by atoms with van der Waals surface area (Å²) in [4.78, 5) is 13.6. The topological polar surface area (TPSA) is 20.3 Å². The SMILES string of the molecule is C=CCN(CC)C(=O)C/C=C/c1ccccc1. The van der Waals surface area contributed by atoms with Crippen LogP contribution in [0.15, 0.2) is 49.1 Å². The van der Waals surface area contributed by atoms with E-state index in [1.165, 1.54) is 0 Å². The average molecular weight is 229 g/mol. The molecule has 90 valence electrons. The van der Waals surface area contributed by atoms with Crippen molar-refractivity contribution in [3.05, 3.63) is 54.6 Å².